The minimum atomic E-state index is -1.19. The molecule has 0 atom stereocenters. The minimum absolute atomic E-state index is 0.141. The van der Waals surface area contributed by atoms with Crippen LogP contribution in [0.4, 0.5) is 0 Å². The van der Waals surface area contributed by atoms with Crippen LogP contribution in [0.3, 0.4) is 0 Å². The first-order chi connectivity index (χ1) is 4.48. The van der Waals surface area contributed by atoms with Crippen LogP contribution in [-0.4, -0.2) is 23.0 Å². The third-order valence-corrected chi connectivity index (χ3v) is 1.29. The lowest BCUT2D eigenvalue weighted by atomic mass is 10.00. The van der Waals surface area contributed by atoms with Crippen molar-refractivity contribution in [2.75, 3.05) is 6.54 Å². The molecule has 0 aliphatic rings. The molecule has 0 aliphatic heterocycles. The minimum Gasteiger partial charge on any atom is -0.383 e. The van der Waals surface area contributed by atoms with Crippen molar-refractivity contribution in [1.29, 1.82) is 0 Å². The summed E-state index contributed by atoms with van der Waals surface area (Å²) >= 11 is 0. The zero-order valence-corrected chi connectivity index (χ0v) is 6.55. The molecule has 0 spiro atoms. The van der Waals surface area contributed by atoms with Crippen molar-refractivity contribution >= 4 is 5.78 Å². The van der Waals surface area contributed by atoms with Gasteiger partial charge in [-0.15, -0.1) is 0 Å². The van der Waals surface area contributed by atoms with Crippen LogP contribution in [0.2, 0.25) is 0 Å². The molecule has 0 aromatic rings. The third-order valence-electron chi connectivity index (χ3n) is 1.29. The predicted molar refractivity (Wildman–Crippen MR) is 39.6 cm³/mol. The van der Waals surface area contributed by atoms with E-state index in [4.69, 9.17) is 10.8 Å². The van der Waals surface area contributed by atoms with Gasteiger partial charge in [0.15, 0.2) is 5.78 Å². The summed E-state index contributed by atoms with van der Waals surface area (Å²) in [6.45, 7) is 3.49. The normalized spacial score (nSPS) is 11.6. The largest absolute Gasteiger partial charge is 0.383 e. The van der Waals surface area contributed by atoms with E-state index in [0.717, 1.165) is 0 Å². The Morgan fingerprint density at radius 3 is 2.40 bits per heavy atom. The van der Waals surface area contributed by atoms with Crippen molar-refractivity contribution in [3.8, 4) is 0 Å². The molecular formula is C7H15NO2. The average Bonchev–Trinajstić information content (AvgIpc) is 1.80. The van der Waals surface area contributed by atoms with Crippen molar-refractivity contribution in [3.63, 3.8) is 0 Å². The molecule has 10 heavy (non-hydrogen) atoms. The van der Waals surface area contributed by atoms with Crippen molar-refractivity contribution in [2.24, 2.45) is 5.73 Å². The van der Waals surface area contributed by atoms with Crippen LogP contribution in [0, 0.1) is 0 Å². The van der Waals surface area contributed by atoms with Gasteiger partial charge in [-0.05, 0) is 26.8 Å². The van der Waals surface area contributed by atoms with Crippen LogP contribution >= 0.6 is 0 Å². The second-order valence-corrected chi connectivity index (χ2v) is 2.87. The quantitative estimate of drug-likeness (QED) is 0.588. The number of nitrogens with two attached hydrogens (primary N) is 1. The second kappa shape index (κ2) is 3.68. The summed E-state index contributed by atoms with van der Waals surface area (Å²) in [5.74, 6) is -0.141. The summed E-state index contributed by atoms with van der Waals surface area (Å²) in [4.78, 5) is 10.9. The Hall–Kier alpha value is -0.410. The van der Waals surface area contributed by atoms with Gasteiger partial charge < -0.3 is 10.8 Å². The highest BCUT2D eigenvalue weighted by molar-refractivity contribution is 5.86. The molecule has 0 unspecified atom stereocenters. The molecule has 0 aromatic heterocycles. The summed E-state index contributed by atoms with van der Waals surface area (Å²) < 4.78 is 0. The molecule has 0 saturated heterocycles. The molecule has 0 bridgehead atoms. The molecular weight excluding hydrogens is 130 g/mol. The van der Waals surface area contributed by atoms with E-state index >= 15 is 0 Å². The topological polar surface area (TPSA) is 63.3 Å². The van der Waals surface area contributed by atoms with Gasteiger partial charge in [0.2, 0.25) is 0 Å². The van der Waals surface area contributed by atoms with Gasteiger partial charge in [0.1, 0.15) is 5.60 Å². The molecule has 3 heteroatoms. The van der Waals surface area contributed by atoms with E-state index in [0.29, 0.717) is 19.4 Å². The van der Waals surface area contributed by atoms with Gasteiger partial charge in [-0.3, -0.25) is 4.79 Å². The first-order valence-electron chi connectivity index (χ1n) is 3.44. The van der Waals surface area contributed by atoms with Crippen LogP contribution < -0.4 is 5.73 Å². The molecule has 3 N–H and O–H groups in total. The number of hydrogen-bond donors (Lipinski definition) is 2. The van der Waals surface area contributed by atoms with Gasteiger partial charge in [-0.1, -0.05) is 0 Å². The summed E-state index contributed by atoms with van der Waals surface area (Å²) in [5.41, 5.74) is 4.00. The summed E-state index contributed by atoms with van der Waals surface area (Å²) in [5, 5.41) is 9.12. The fourth-order valence-corrected chi connectivity index (χ4v) is 0.569. The van der Waals surface area contributed by atoms with Crippen LogP contribution in [0.5, 0.6) is 0 Å². The lowest BCUT2D eigenvalue weighted by Crippen LogP contribution is -2.31. The number of carbonyl (C=O) groups excluding carboxylic acids is 1. The molecule has 0 heterocycles. The predicted octanol–water partition coefficient (Wildman–Crippen LogP) is 0.0653. The van der Waals surface area contributed by atoms with E-state index in [1.54, 1.807) is 0 Å². The van der Waals surface area contributed by atoms with Crippen LogP contribution in [0.15, 0.2) is 0 Å². The zero-order chi connectivity index (χ0) is 8.20. The van der Waals surface area contributed by atoms with Gasteiger partial charge >= 0.3 is 0 Å². The summed E-state index contributed by atoms with van der Waals surface area (Å²) in [6.07, 6.45) is 1.03. The van der Waals surface area contributed by atoms with Crippen molar-refractivity contribution in [1.82, 2.24) is 0 Å². The highest BCUT2D eigenvalue weighted by Crippen LogP contribution is 2.06. The van der Waals surface area contributed by atoms with E-state index in [-0.39, 0.29) is 5.78 Å². The highest BCUT2D eigenvalue weighted by Gasteiger charge is 2.21. The Balaban J connectivity index is 3.64. The molecule has 0 saturated carbocycles. The van der Waals surface area contributed by atoms with Crippen molar-refractivity contribution < 1.29 is 9.90 Å². The van der Waals surface area contributed by atoms with E-state index in [2.05, 4.69) is 0 Å². The van der Waals surface area contributed by atoms with E-state index in [9.17, 15) is 4.79 Å². The zero-order valence-electron chi connectivity index (χ0n) is 6.55. The van der Waals surface area contributed by atoms with Gasteiger partial charge in [-0.25, -0.2) is 0 Å². The summed E-state index contributed by atoms with van der Waals surface area (Å²) in [7, 11) is 0. The lowest BCUT2D eigenvalue weighted by molar-refractivity contribution is -0.134. The van der Waals surface area contributed by atoms with Gasteiger partial charge in [-0.2, -0.15) is 0 Å². The maximum atomic E-state index is 10.9. The second-order valence-electron chi connectivity index (χ2n) is 2.87. The van der Waals surface area contributed by atoms with Gasteiger partial charge in [0, 0.05) is 6.42 Å². The fraction of sp³-hybridized carbons (Fsp3) is 0.857. The van der Waals surface area contributed by atoms with Gasteiger partial charge in [0.05, 0.1) is 0 Å². The molecule has 0 radical (unpaired) electrons. The molecule has 60 valence electrons. The Morgan fingerprint density at radius 2 is 2.10 bits per heavy atom. The monoisotopic (exact) mass is 145 g/mol. The van der Waals surface area contributed by atoms with Crippen molar-refractivity contribution in [2.45, 2.75) is 32.3 Å². The average molecular weight is 145 g/mol. The smallest absolute Gasteiger partial charge is 0.163 e. The van der Waals surface area contributed by atoms with E-state index < -0.39 is 5.60 Å². The Kier molecular flexibility index (Phi) is 3.53. The Bertz CT molecular complexity index is 115. The number of carbonyl (C=O) groups is 1. The SMILES string of the molecule is CC(C)(O)C(=O)CCCN. The lowest BCUT2D eigenvalue weighted by Gasteiger charge is -2.14. The number of hydrogen-bond acceptors (Lipinski definition) is 3. The van der Waals surface area contributed by atoms with E-state index in [1.165, 1.54) is 13.8 Å². The number of Topliss-reactive ketones (excluding diaryl/α,β-unsaturated/α-hetero) is 1. The number of ketones is 1. The molecule has 0 fully saturated rings. The number of rotatable bonds is 4. The highest BCUT2D eigenvalue weighted by atomic mass is 16.3. The number of aliphatic hydroxyl groups is 1. The van der Waals surface area contributed by atoms with Crippen LogP contribution in [-0.2, 0) is 4.79 Å². The first-order valence-corrected chi connectivity index (χ1v) is 3.44. The maximum Gasteiger partial charge on any atom is 0.163 e. The Labute approximate surface area is 61.2 Å². The summed E-state index contributed by atoms with van der Waals surface area (Å²) in [6, 6.07) is 0. The molecule has 0 aromatic carbocycles. The third kappa shape index (κ3) is 3.58. The molecule has 3 nitrogen and oxygen atoms in total. The maximum absolute atomic E-state index is 10.9. The standard InChI is InChI=1S/C7H15NO2/c1-7(2,10)6(9)4-3-5-8/h10H,3-5,8H2,1-2H3. The molecule has 0 amide bonds. The Morgan fingerprint density at radius 1 is 1.60 bits per heavy atom. The molecule has 0 rings (SSSR count). The molecule has 0 aliphatic carbocycles. The van der Waals surface area contributed by atoms with Crippen molar-refractivity contribution in [3.05, 3.63) is 0 Å². The van der Waals surface area contributed by atoms with Crippen LogP contribution in [0.25, 0.3) is 0 Å². The fourth-order valence-electron chi connectivity index (χ4n) is 0.569. The van der Waals surface area contributed by atoms with Gasteiger partial charge in [0.25, 0.3) is 0 Å². The van der Waals surface area contributed by atoms with E-state index in [1.807, 2.05) is 0 Å². The van der Waals surface area contributed by atoms with Crippen LogP contribution in [0.1, 0.15) is 26.7 Å². The first kappa shape index (κ1) is 9.59.